The van der Waals surface area contributed by atoms with Crippen molar-refractivity contribution >= 4 is 13.8 Å². The molecule has 0 saturated carbocycles. The molecule has 0 radical (unpaired) electrons. The second-order valence-electron chi connectivity index (χ2n) is 12.9. The summed E-state index contributed by atoms with van der Waals surface area (Å²) < 4.78 is 33.0. The second-order valence-corrected chi connectivity index (χ2v) is 14.3. The summed E-state index contributed by atoms with van der Waals surface area (Å²) in [6.45, 7) is 4.22. The summed E-state index contributed by atoms with van der Waals surface area (Å²) in [6, 6.07) is 0. The predicted octanol–water partition coefficient (Wildman–Crippen LogP) is 11.3. The van der Waals surface area contributed by atoms with E-state index in [4.69, 9.17) is 24.3 Å². The molecule has 0 amide bonds. The van der Waals surface area contributed by atoms with Gasteiger partial charge in [0.15, 0.2) is 6.10 Å². The summed E-state index contributed by atoms with van der Waals surface area (Å²) in [7, 11) is -4.28. The average molecular weight is 688 g/mol. The number of phosphoric ester groups is 1. The first-order valence-electron chi connectivity index (χ1n) is 19.4. The van der Waals surface area contributed by atoms with Gasteiger partial charge in [0, 0.05) is 13.0 Å². The summed E-state index contributed by atoms with van der Waals surface area (Å²) in [4.78, 5) is 22.3. The average Bonchev–Trinajstić information content (AvgIpc) is 3.06. The van der Waals surface area contributed by atoms with E-state index in [1.54, 1.807) is 6.26 Å². The van der Waals surface area contributed by atoms with E-state index in [9.17, 15) is 14.3 Å². The number of nitrogens with two attached hydrogens (primary N) is 1. The van der Waals surface area contributed by atoms with E-state index >= 15 is 0 Å². The molecule has 0 aliphatic rings. The van der Waals surface area contributed by atoms with Crippen molar-refractivity contribution in [3.63, 3.8) is 0 Å². The van der Waals surface area contributed by atoms with Crippen LogP contribution in [0.25, 0.3) is 0 Å². The molecule has 0 bridgehead atoms. The Labute approximate surface area is 289 Å². The van der Waals surface area contributed by atoms with Gasteiger partial charge in [0.2, 0.25) is 0 Å². The van der Waals surface area contributed by atoms with Crippen molar-refractivity contribution in [2.75, 3.05) is 26.4 Å². The highest BCUT2D eigenvalue weighted by Crippen LogP contribution is 2.43. The lowest BCUT2D eigenvalue weighted by Gasteiger charge is -2.19. The Kier molecular flexibility index (Phi) is 35.2. The Morgan fingerprint density at radius 2 is 1.09 bits per heavy atom. The monoisotopic (exact) mass is 688 g/mol. The third-order valence-corrected chi connectivity index (χ3v) is 9.17. The lowest BCUT2D eigenvalue weighted by molar-refractivity contribution is -0.153. The number of carbonyl (C=O) groups excluding carboxylic acids is 1. The zero-order valence-corrected chi connectivity index (χ0v) is 31.4. The normalized spacial score (nSPS) is 13.8. The maximum Gasteiger partial charge on any atom is 0.472 e. The fourth-order valence-electron chi connectivity index (χ4n) is 5.31. The number of rotatable bonds is 37. The minimum absolute atomic E-state index is 0.0316. The van der Waals surface area contributed by atoms with Gasteiger partial charge in [-0.15, -0.1) is 0 Å². The first-order valence-corrected chi connectivity index (χ1v) is 20.9. The second kappa shape index (κ2) is 36.1. The molecule has 1 unspecified atom stereocenters. The maximum atomic E-state index is 12.5. The largest absolute Gasteiger partial charge is 0.498 e. The van der Waals surface area contributed by atoms with Gasteiger partial charge in [0.05, 0.1) is 19.5 Å². The molecule has 0 aromatic carbocycles. The first kappa shape index (κ1) is 45.8. The molecular formula is C38H74NO7P. The SMILES string of the molecule is CCCCCCC/C=C/CCCCCCCC(=O)O[C@H](CO/C=C/CCCCCCCCCCCCCC)COP(=O)(O)OCCN. The lowest BCUT2D eigenvalue weighted by Crippen LogP contribution is -2.27. The van der Waals surface area contributed by atoms with Crippen molar-refractivity contribution < 1.29 is 32.8 Å². The predicted molar refractivity (Wildman–Crippen MR) is 196 cm³/mol. The quantitative estimate of drug-likeness (QED) is 0.0218. The highest BCUT2D eigenvalue weighted by Gasteiger charge is 2.25. The number of carbonyl (C=O) groups is 1. The highest BCUT2D eigenvalue weighted by atomic mass is 31.2. The molecule has 2 atom stereocenters. The van der Waals surface area contributed by atoms with Crippen LogP contribution in [0.1, 0.15) is 181 Å². The molecule has 3 N–H and O–H groups in total. The molecule has 0 rings (SSSR count). The molecule has 0 aliphatic carbocycles. The van der Waals surface area contributed by atoms with Crippen LogP contribution in [-0.2, 0) is 27.9 Å². The van der Waals surface area contributed by atoms with E-state index < -0.39 is 13.9 Å². The van der Waals surface area contributed by atoms with E-state index in [-0.39, 0.29) is 32.3 Å². The molecule has 278 valence electrons. The minimum Gasteiger partial charge on any atom is -0.498 e. The molecule has 0 heterocycles. The summed E-state index contributed by atoms with van der Waals surface area (Å²) in [5, 5.41) is 0. The van der Waals surface area contributed by atoms with Gasteiger partial charge >= 0.3 is 13.8 Å². The van der Waals surface area contributed by atoms with Gasteiger partial charge in [-0.05, 0) is 51.0 Å². The maximum absolute atomic E-state index is 12.5. The molecular weight excluding hydrogens is 613 g/mol. The first-order chi connectivity index (χ1) is 22.9. The number of ether oxygens (including phenoxy) is 2. The van der Waals surface area contributed by atoms with Gasteiger partial charge in [-0.25, -0.2) is 4.57 Å². The van der Waals surface area contributed by atoms with Crippen LogP contribution in [0.4, 0.5) is 0 Å². The molecule has 0 spiro atoms. The van der Waals surface area contributed by atoms with Crippen LogP contribution in [-0.4, -0.2) is 43.3 Å². The standard InChI is InChI=1S/C38H74NO7P/c1-3-5-7-9-11-13-15-17-19-21-23-25-27-29-31-38(40)46-37(36-45-47(41,42)44-34-32-39)35-43-33-30-28-26-24-22-20-18-16-14-12-10-8-6-4-2/h15,17,30,33,37H,3-14,16,18-29,31-32,34-36,39H2,1-2H3,(H,41,42)/b17-15+,33-30+/t37-/m1/s1. The van der Waals surface area contributed by atoms with Gasteiger partial charge in [-0.3, -0.25) is 13.8 Å². The van der Waals surface area contributed by atoms with Crippen LogP contribution < -0.4 is 5.73 Å². The van der Waals surface area contributed by atoms with Gasteiger partial charge in [-0.1, -0.05) is 142 Å². The van der Waals surface area contributed by atoms with Gasteiger partial charge in [-0.2, -0.15) is 0 Å². The van der Waals surface area contributed by atoms with E-state index in [1.165, 1.54) is 116 Å². The van der Waals surface area contributed by atoms with E-state index in [0.29, 0.717) is 6.42 Å². The fraction of sp³-hybridized carbons (Fsp3) is 0.868. The van der Waals surface area contributed by atoms with Crippen LogP contribution in [0, 0.1) is 0 Å². The zero-order valence-electron chi connectivity index (χ0n) is 30.5. The van der Waals surface area contributed by atoms with Crippen molar-refractivity contribution in [3.05, 3.63) is 24.5 Å². The summed E-state index contributed by atoms with van der Waals surface area (Å²) in [5.74, 6) is -0.361. The van der Waals surface area contributed by atoms with Crippen molar-refractivity contribution in [3.8, 4) is 0 Å². The van der Waals surface area contributed by atoms with E-state index in [1.807, 2.05) is 6.08 Å². The highest BCUT2D eigenvalue weighted by molar-refractivity contribution is 7.47. The smallest absolute Gasteiger partial charge is 0.472 e. The molecule has 0 aliphatic heterocycles. The van der Waals surface area contributed by atoms with Crippen molar-refractivity contribution in [2.45, 2.75) is 187 Å². The van der Waals surface area contributed by atoms with E-state index in [0.717, 1.165) is 44.9 Å². The number of hydrogen-bond acceptors (Lipinski definition) is 7. The Hall–Kier alpha value is -1.18. The van der Waals surface area contributed by atoms with Crippen LogP contribution in [0.5, 0.6) is 0 Å². The lowest BCUT2D eigenvalue weighted by atomic mass is 10.0. The molecule has 47 heavy (non-hydrogen) atoms. The Morgan fingerprint density at radius 1 is 0.638 bits per heavy atom. The molecule has 8 nitrogen and oxygen atoms in total. The number of unbranched alkanes of at least 4 members (excludes halogenated alkanes) is 22. The third kappa shape index (κ3) is 35.9. The molecule has 0 saturated heterocycles. The number of hydrogen-bond donors (Lipinski definition) is 2. The fourth-order valence-corrected chi connectivity index (χ4v) is 6.07. The van der Waals surface area contributed by atoms with Gasteiger partial charge < -0.3 is 20.1 Å². The van der Waals surface area contributed by atoms with Crippen LogP contribution in [0.15, 0.2) is 24.5 Å². The Balaban J connectivity index is 4.15. The van der Waals surface area contributed by atoms with Crippen molar-refractivity contribution in [1.29, 1.82) is 0 Å². The summed E-state index contributed by atoms with van der Waals surface area (Å²) in [6.07, 6.45) is 38.5. The van der Waals surface area contributed by atoms with Gasteiger partial charge in [0.25, 0.3) is 0 Å². The number of allylic oxidation sites excluding steroid dienone is 3. The van der Waals surface area contributed by atoms with Crippen molar-refractivity contribution in [2.24, 2.45) is 5.73 Å². The number of phosphoric acid groups is 1. The van der Waals surface area contributed by atoms with Gasteiger partial charge in [0.1, 0.15) is 6.61 Å². The third-order valence-electron chi connectivity index (χ3n) is 8.19. The van der Waals surface area contributed by atoms with Crippen LogP contribution in [0.2, 0.25) is 0 Å². The molecule has 0 aromatic rings. The van der Waals surface area contributed by atoms with Crippen LogP contribution >= 0.6 is 7.82 Å². The topological polar surface area (TPSA) is 117 Å². The zero-order chi connectivity index (χ0) is 34.5. The molecule has 9 heteroatoms. The Morgan fingerprint density at radius 3 is 1.57 bits per heavy atom. The van der Waals surface area contributed by atoms with Crippen molar-refractivity contribution in [1.82, 2.24) is 0 Å². The van der Waals surface area contributed by atoms with Crippen LogP contribution in [0.3, 0.4) is 0 Å². The Bertz CT molecular complexity index is 777. The summed E-state index contributed by atoms with van der Waals surface area (Å²) in [5.41, 5.74) is 5.35. The number of esters is 1. The molecule has 0 aromatic heterocycles. The summed E-state index contributed by atoms with van der Waals surface area (Å²) >= 11 is 0. The molecule has 0 fully saturated rings. The van der Waals surface area contributed by atoms with E-state index in [2.05, 4.69) is 26.0 Å². The minimum atomic E-state index is -4.28.